The second-order valence-corrected chi connectivity index (χ2v) is 8.45. The first-order chi connectivity index (χ1) is 13.9. The van der Waals surface area contributed by atoms with Crippen LogP contribution in [0, 0.1) is 0 Å². The Hall–Kier alpha value is -2.41. The van der Waals surface area contributed by atoms with E-state index in [1.54, 1.807) is 28.9 Å². The van der Waals surface area contributed by atoms with Gasteiger partial charge in [-0.2, -0.15) is 0 Å². The van der Waals surface area contributed by atoms with Crippen molar-refractivity contribution in [3.05, 3.63) is 29.8 Å². The second-order valence-electron chi connectivity index (χ2n) is 8.45. The van der Waals surface area contributed by atoms with Crippen LogP contribution in [-0.2, 0) is 9.59 Å². The van der Waals surface area contributed by atoms with Gasteiger partial charge >= 0.3 is 0 Å². The highest BCUT2D eigenvalue weighted by Gasteiger charge is 2.44. The standard InChI is InChI=1S/C22H28N2O5/c1-15(21(28)23-11-7-16(25)8-12-23)24-13-10-22(9-6-20(24)27)14-18(26)17-4-2-3-5-19(17)29-22/h2-5,15-16,25H,6-14H2,1H3/t15-,22-/m0/s1. The third-order valence-corrected chi connectivity index (χ3v) is 6.52. The van der Waals surface area contributed by atoms with Crippen molar-refractivity contribution in [2.24, 2.45) is 0 Å². The number of carbonyl (C=O) groups is 3. The molecule has 0 radical (unpaired) electrons. The van der Waals surface area contributed by atoms with E-state index in [4.69, 9.17) is 4.74 Å². The van der Waals surface area contributed by atoms with Crippen LogP contribution in [0.4, 0.5) is 0 Å². The zero-order valence-corrected chi connectivity index (χ0v) is 16.8. The summed E-state index contributed by atoms with van der Waals surface area (Å²) in [5.41, 5.74) is -0.0882. The van der Waals surface area contributed by atoms with E-state index in [-0.39, 0.29) is 36.5 Å². The molecule has 2 atom stereocenters. The molecule has 0 aliphatic carbocycles. The number of rotatable bonds is 2. The summed E-state index contributed by atoms with van der Waals surface area (Å²) >= 11 is 0. The third-order valence-electron chi connectivity index (χ3n) is 6.52. The molecule has 7 nitrogen and oxygen atoms in total. The van der Waals surface area contributed by atoms with Crippen molar-refractivity contribution in [2.45, 2.75) is 63.2 Å². The summed E-state index contributed by atoms with van der Waals surface area (Å²) in [6.07, 6.45) is 2.31. The van der Waals surface area contributed by atoms with Gasteiger partial charge in [0.1, 0.15) is 17.4 Å². The number of aliphatic hydroxyl groups excluding tert-OH is 1. The Kier molecular flexibility index (Phi) is 5.34. The predicted molar refractivity (Wildman–Crippen MR) is 106 cm³/mol. The molecule has 2 amide bonds. The van der Waals surface area contributed by atoms with Crippen molar-refractivity contribution in [3.8, 4) is 5.75 Å². The summed E-state index contributed by atoms with van der Waals surface area (Å²) < 4.78 is 6.25. The molecule has 7 heteroatoms. The van der Waals surface area contributed by atoms with E-state index in [0.717, 1.165) is 0 Å². The Morgan fingerprint density at radius 1 is 1.17 bits per heavy atom. The lowest BCUT2D eigenvalue weighted by Crippen LogP contribution is -2.52. The van der Waals surface area contributed by atoms with Gasteiger partial charge in [0.25, 0.3) is 0 Å². The maximum absolute atomic E-state index is 12.9. The SMILES string of the molecule is C[C@@H](C(=O)N1CCC(O)CC1)N1CC[C@@]2(CCC1=O)CC(=O)c1ccccc1O2. The van der Waals surface area contributed by atoms with Crippen LogP contribution in [0.2, 0.25) is 0 Å². The number of Topliss-reactive ketones (excluding diaryl/α,β-unsaturated/α-hetero) is 1. The summed E-state index contributed by atoms with van der Waals surface area (Å²) in [6.45, 7) is 3.19. The number of hydrogen-bond donors (Lipinski definition) is 1. The fraction of sp³-hybridized carbons (Fsp3) is 0.591. The summed E-state index contributed by atoms with van der Waals surface area (Å²) in [5, 5.41) is 9.66. The highest BCUT2D eigenvalue weighted by molar-refractivity contribution is 6.00. The molecule has 3 aliphatic heterocycles. The van der Waals surface area contributed by atoms with E-state index in [2.05, 4.69) is 0 Å². The van der Waals surface area contributed by atoms with Crippen molar-refractivity contribution in [1.82, 2.24) is 9.80 Å². The molecule has 2 saturated heterocycles. The molecular weight excluding hydrogens is 372 g/mol. The minimum absolute atomic E-state index is 0.0451. The highest BCUT2D eigenvalue weighted by Crippen LogP contribution is 2.39. The van der Waals surface area contributed by atoms with Crippen LogP contribution in [0.5, 0.6) is 5.75 Å². The molecule has 1 aromatic rings. The van der Waals surface area contributed by atoms with Crippen molar-refractivity contribution in [1.29, 1.82) is 0 Å². The van der Waals surface area contributed by atoms with Gasteiger partial charge in [0.05, 0.1) is 18.1 Å². The van der Waals surface area contributed by atoms with Crippen LogP contribution < -0.4 is 4.74 Å². The number of ether oxygens (including phenoxy) is 1. The maximum atomic E-state index is 12.9. The topological polar surface area (TPSA) is 87.2 Å². The number of aliphatic hydroxyl groups is 1. The van der Waals surface area contributed by atoms with Crippen LogP contribution in [0.3, 0.4) is 0 Å². The molecule has 1 N–H and O–H groups in total. The van der Waals surface area contributed by atoms with E-state index >= 15 is 0 Å². The quantitative estimate of drug-likeness (QED) is 0.818. The lowest BCUT2D eigenvalue weighted by molar-refractivity contribution is -0.146. The van der Waals surface area contributed by atoms with Crippen molar-refractivity contribution in [3.63, 3.8) is 0 Å². The molecule has 3 heterocycles. The molecule has 0 unspecified atom stereocenters. The van der Waals surface area contributed by atoms with E-state index in [0.29, 0.717) is 56.6 Å². The molecule has 4 rings (SSSR count). The number of piperidine rings is 1. The maximum Gasteiger partial charge on any atom is 0.245 e. The first-order valence-corrected chi connectivity index (χ1v) is 10.5. The smallest absolute Gasteiger partial charge is 0.245 e. The van der Waals surface area contributed by atoms with Crippen LogP contribution in [-0.4, -0.2) is 69.9 Å². The van der Waals surface area contributed by atoms with Crippen molar-refractivity contribution >= 4 is 17.6 Å². The van der Waals surface area contributed by atoms with E-state index in [1.807, 2.05) is 12.1 Å². The molecule has 3 aliphatic rings. The minimum atomic E-state index is -0.687. The minimum Gasteiger partial charge on any atom is -0.486 e. The highest BCUT2D eigenvalue weighted by atomic mass is 16.5. The van der Waals surface area contributed by atoms with Crippen LogP contribution >= 0.6 is 0 Å². The fourth-order valence-corrected chi connectivity index (χ4v) is 4.67. The average molecular weight is 400 g/mol. The largest absolute Gasteiger partial charge is 0.486 e. The molecule has 0 aromatic heterocycles. The third kappa shape index (κ3) is 3.88. The van der Waals surface area contributed by atoms with Gasteiger partial charge in [-0.05, 0) is 38.3 Å². The fourth-order valence-electron chi connectivity index (χ4n) is 4.67. The number of likely N-dealkylation sites (tertiary alicyclic amines) is 2. The Labute approximate surface area is 170 Å². The normalized spacial score (nSPS) is 26.7. The van der Waals surface area contributed by atoms with Crippen molar-refractivity contribution < 1.29 is 24.2 Å². The van der Waals surface area contributed by atoms with E-state index < -0.39 is 11.6 Å². The van der Waals surface area contributed by atoms with Gasteiger partial charge < -0.3 is 19.6 Å². The number of para-hydroxylation sites is 1. The molecule has 29 heavy (non-hydrogen) atoms. The number of carbonyl (C=O) groups excluding carboxylic acids is 3. The lowest BCUT2D eigenvalue weighted by Gasteiger charge is -2.38. The Balaban J connectivity index is 1.47. The molecular formula is C22H28N2O5. The second kappa shape index (κ2) is 7.78. The summed E-state index contributed by atoms with van der Waals surface area (Å²) in [6, 6.07) is 6.68. The first-order valence-electron chi connectivity index (χ1n) is 10.5. The van der Waals surface area contributed by atoms with Crippen LogP contribution in [0.15, 0.2) is 24.3 Å². The molecule has 1 spiro atoms. The van der Waals surface area contributed by atoms with Crippen LogP contribution in [0.25, 0.3) is 0 Å². The number of fused-ring (bicyclic) bond motifs is 1. The zero-order chi connectivity index (χ0) is 20.6. The monoisotopic (exact) mass is 400 g/mol. The first kappa shape index (κ1) is 19.9. The predicted octanol–water partition coefficient (Wildman–Crippen LogP) is 1.77. The van der Waals surface area contributed by atoms with Gasteiger partial charge in [-0.1, -0.05) is 12.1 Å². The molecule has 2 fully saturated rings. The van der Waals surface area contributed by atoms with Gasteiger partial charge in [-0.3, -0.25) is 14.4 Å². The molecule has 1 aromatic carbocycles. The number of hydrogen-bond acceptors (Lipinski definition) is 5. The molecule has 156 valence electrons. The summed E-state index contributed by atoms with van der Waals surface area (Å²) in [5.74, 6) is 0.478. The van der Waals surface area contributed by atoms with Gasteiger partial charge in [0.15, 0.2) is 5.78 Å². The Bertz CT molecular complexity index is 817. The Morgan fingerprint density at radius 2 is 1.90 bits per heavy atom. The number of benzene rings is 1. The Morgan fingerprint density at radius 3 is 2.66 bits per heavy atom. The number of amides is 2. The summed E-state index contributed by atoms with van der Waals surface area (Å²) in [4.78, 5) is 41.8. The average Bonchev–Trinajstić information content (AvgIpc) is 2.87. The van der Waals surface area contributed by atoms with Gasteiger partial charge in [0.2, 0.25) is 11.8 Å². The molecule has 0 saturated carbocycles. The van der Waals surface area contributed by atoms with Gasteiger partial charge in [-0.15, -0.1) is 0 Å². The lowest BCUT2D eigenvalue weighted by atomic mass is 9.84. The van der Waals surface area contributed by atoms with Crippen LogP contribution in [0.1, 0.15) is 55.8 Å². The zero-order valence-electron chi connectivity index (χ0n) is 16.8. The molecule has 0 bridgehead atoms. The van der Waals surface area contributed by atoms with Crippen molar-refractivity contribution in [2.75, 3.05) is 19.6 Å². The number of nitrogens with zero attached hydrogens (tertiary/aromatic N) is 2. The van der Waals surface area contributed by atoms with E-state index in [9.17, 15) is 19.5 Å². The van der Waals surface area contributed by atoms with Gasteiger partial charge in [-0.25, -0.2) is 0 Å². The van der Waals surface area contributed by atoms with Gasteiger partial charge in [0, 0.05) is 32.5 Å². The summed E-state index contributed by atoms with van der Waals surface area (Å²) in [7, 11) is 0. The van der Waals surface area contributed by atoms with E-state index in [1.165, 1.54) is 0 Å². The number of ketones is 1.